The predicted molar refractivity (Wildman–Crippen MR) is 99.2 cm³/mol. The lowest BCUT2D eigenvalue weighted by atomic mass is 10.1. The quantitative estimate of drug-likeness (QED) is 0.522. The number of ether oxygens (including phenoxy) is 1. The summed E-state index contributed by atoms with van der Waals surface area (Å²) >= 11 is 0. The number of rotatable bonds is 5. The van der Waals surface area contributed by atoms with Crippen molar-refractivity contribution < 1.29 is 9.53 Å². The van der Waals surface area contributed by atoms with Crippen LogP contribution in [0.15, 0.2) is 54.7 Å². The van der Waals surface area contributed by atoms with Gasteiger partial charge in [-0.25, -0.2) is 0 Å². The van der Waals surface area contributed by atoms with Crippen LogP contribution in [-0.2, 0) is 6.42 Å². The monoisotopic (exact) mass is 333 g/mol. The summed E-state index contributed by atoms with van der Waals surface area (Å²) in [6, 6.07) is 15.7. The van der Waals surface area contributed by atoms with Gasteiger partial charge in [0.25, 0.3) is 5.91 Å². The summed E-state index contributed by atoms with van der Waals surface area (Å²) in [5, 5.41) is 5.09. The summed E-state index contributed by atoms with van der Waals surface area (Å²) in [6.45, 7) is 0.577. The van der Waals surface area contributed by atoms with Crippen LogP contribution in [-0.4, -0.2) is 29.5 Å². The molecule has 0 aliphatic carbocycles. The van der Waals surface area contributed by atoms with Gasteiger partial charge in [0, 0.05) is 34.5 Å². The van der Waals surface area contributed by atoms with Gasteiger partial charge in [0.05, 0.1) is 7.11 Å². The van der Waals surface area contributed by atoms with E-state index in [4.69, 9.17) is 4.74 Å². The van der Waals surface area contributed by atoms with Gasteiger partial charge in [-0.1, -0.05) is 24.3 Å². The number of para-hydroxylation sites is 1. The van der Waals surface area contributed by atoms with Gasteiger partial charge < -0.3 is 20.0 Å². The smallest absolute Gasteiger partial charge is 0.267 e. The number of nitrogens with one attached hydrogen (secondary N) is 3. The zero-order chi connectivity index (χ0) is 17.2. The van der Waals surface area contributed by atoms with Crippen LogP contribution in [0.1, 0.15) is 16.1 Å². The van der Waals surface area contributed by atoms with E-state index in [0.29, 0.717) is 12.2 Å². The first kappa shape index (κ1) is 15.3. The lowest BCUT2D eigenvalue weighted by Crippen LogP contribution is -2.25. The first-order valence-corrected chi connectivity index (χ1v) is 8.25. The predicted octanol–water partition coefficient (Wildman–Crippen LogP) is 3.63. The summed E-state index contributed by atoms with van der Waals surface area (Å²) in [5.74, 6) is 0.643. The van der Waals surface area contributed by atoms with Gasteiger partial charge in [-0.3, -0.25) is 4.79 Å². The summed E-state index contributed by atoms with van der Waals surface area (Å²) in [4.78, 5) is 18.8. The SMILES string of the molecule is COc1cccc2[nH]c(C(=O)NCCc3c[nH]c4ccccc34)cc12. The van der Waals surface area contributed by atoms with Crippen LogP contribution in [0.25, 0.3) is 21.8 Å². The standard InChI is InChI=1S/C20H19N3O2/c1-25-19-8-4-7-17-15(19)11-18(23-17)20(24)21-10-9-13-12-22-16-6-3-2-5-14(13)16/h2-8,11-12,22-23H,9-10H2,1H3,(H,21,24). The minimum absolute atomic E-state index is 0.113. The Balaban J connectivity index is 1.45. The number of carbonyl (C=O) groups is 1. The molecule has 2 aromatic carbocycles. The van der Waals surface area contributed by atoms with E-state index in [0.717, 1.165) is 28.6 Å². The minimum atomic E-state index is -0.113. The third kappa shape index (κ3) is 2.85. The lowest BCUT2D eigenvalue weighted by Gasteiger charge is -2.03. The van der Waals surface area contributed by atoms with E-state index >= 15 is 0 Å². The van der Waals surface area contributed by atoms with Crippen molar-refractivity contribution in [3.63, 3.8) is 0 Å². The molecule has 0 radical (unpaired) electrons. The average molecular weight is 333 g/mol. The molecule has 0 atom stereocenters. The van der Waals surface area contributed by atoms with Crippen LogP contribution in [0.3, 0.4) is 0 Å². The fourth-order valence-electron chi connectivity index (χ4n) is 3.17. The van der Waals surface area contributed by atoms with Gasteiger partial charge >= 0.3 is 0 Å². The molecule has 2 heterocycles. The minimum Gasteiger partial charge on any atom is -0.496 e. The molecule has 4 rings (SSSR count). The zero-order valence-corrected chi connectivity index (χ0v) is 13.9. The van der Waals surface area contributed by atoms with Crippen molar-refractivity contribution in [2.24, 2.45) is 0 Å². The Morgan fingerprint density at radius 3 is 2.80 bits per heavy atom. The first-order valence-electron chi connectivity index (χ1n) is 8.25. The number of H-pyrrole nitrogens is 2. The summed E-state index contributed by atoms with van der Waals surface area (Å²) < 4.78 is 5.34. The molecule has 0 saturated carbocycles. The van der Waals surface area contributed by atoms with Crippen molar-refractivity contribution >= 4 is 27.7 Å². The molecule has 0 saturated heterocycles. The molecule has 0 aliphatic rings. The fourth-order valence-corrected chi connectivity index (χ4v) is 3.17. The van der Waals surface area contributed by atoms with Crippen molar-refractivity contribution in [3.05, 3.63) is 66.0 Å². The van der Waals surface area contributed by atoms with Crippen LogP contribution < -0.4 is 10.1 Å². The van der Waals surface area contributed by atoms with Gasteiger partial charge in [-0.05, 0) is 36.2 Å². The van der Waals surface area contributed by atoms with Gasteiger partial charge in [0.15, 0.2) is 0 Å². The Morgan fingerprint density at radius 1 is 1.08 bits per heavy atom. The molecule has 0 spiro atoms. The second kappa shape index (κ2) is 6.36. The highest BCUT2D eigenvalue weighted by Crippen LogP contribution is 2.26. The molecule has 3 N–H and O–H groups in total. The Bertz CT molecular complexity index is 1050. The number of hydrogen-bond donors (Lipinski definition) is 3. The highest BCUT2D eigenvalue weighted by molar-refractivity contribution is 5.99. The molecule has 4 aromatic rings. The molecular formula is C20H19N3O2. The lowest BCUT2D eigenvalue weighted by molar-refractivity contribution is 0.0950. The molecule has 0 aliphatic heterocycles. The number of benzene rings is 2. The first-order chi connectivity index (χ1) is 12.3. The van der Waals surface area contributed by atoms with Crippen molar-refractivity contribution in [2.75, 3.05) is 13.7 Å². The van der Waals surface area contributed by atoms with E-state index in [1.807, 2.05) is 42.6 Å². The molecule has 1 amide bonds. The van der Waals surface area contributed by atoms with Crippen molar-refractivity contribution in [3.8, 4) is 5.75 Å². The number of aromatic nitrogens is 2. The molecular weight excluding hydrogens is 314 g/mol. The van der Waals surface area contributed by atoms with E-state index < -0.39 is 0 Å². The number of carbonyl (C=O) groups excluding carboxylic acids is 1. The number of fused-ring (bicyclic) bond motifs is 2. The van der Waals surface area contributed by atoms with Crippen molar-refractivity contribution in [2.45, 2.75) is 6.42 Å². The molecule has 5 nitrogen and oxygen atoms in total. The second-order valence-corrected chi connectivity index (χ2v) is 5.97. The number of hydrogen-bond acceptors (Lipinski definition) is 2. The van der Waals surface area contributed by atoms with E-state index in [1.165, 1.54) is 10.9 Å². The molecule has 5 heteroatoms. The Hall–Kier alpha value is -3.21. The van der Waals surface area contributed by atoms with E-state index in [2.05, 4.69) is 27.4 Å². The normalized spacial score (nSPS) is 11.1. The Labute approximate surface area is 145 Å². The maximum atomic E-state index is 12.4. The van der Waals surface area contributed by atoms with Crippen LogP contribution in [0.5, 0.6) is 5.75 Å². The van der Waals surface area contributed by atoms with Gasteiger partial charge in [-0.2, -0.15) is 0 Å². The molecule has 25 heavy (non-hydrogen) atoms. The number of aromatic amines is 2. The molecule has 2 aromatic heterocycles. The highest BCUT2D eigenvalue weighted by atomic mass is 16.5. The summed E-state index contributed by atoms with van der Waals surface area (Å²) in [6.07, 6.45) is 2.78. The maximum absolute atomic E-state index is 12.4. The Morgan fingerprint density at radius 2 is 1.92 bits per heavy atom. The summed E-state index contributed by atoms with van der Waals surface area (Å²) in [7, 11) is 1.63. The third-order valence-electron chi connectivity index (χ3n) is 4.44. The highest BCUT2D eigenvalue weighted by Gasteiger charge is 2.12. The van der Waals surface area contributed by atoms with Crippen LogP contribution in [0.2, 0.25) is 0 Å². The molecule has 0 unspecified atom stereocenters. The van der Waals surface area contributed by atoms with E-state index in [9.17, 15) is 4.79 Å². The van der Waals surface area contributed by atoms with Crippen LogP contribution in [0, 0.1) is 0 Å². The maximum Gasteiger partial charge on any atom is 0.267 e. The largest absolute Gasteiger partial charge is 0.496 e. The number of methoxy groups -OCH3 is 1. The van der Waals surface area contributed by atoms with Gasteiger partial charge in [0.1, 0.15) is 11.4 Å². The Kier molecular flexibility index (Phi) is 3.90. The van der Waals surface area contributed by atoms with E-state index in [-0.39, 0.29) is 5.91 Å². The number of amides is 1. The molecule has 0 fully saturated rings. The van der Waals surface area contributed by atoms with Gasteiger partial charge in [0.2, 0.25) is 0 Å². The third-order valence-corrected chi connectivity index (χ3v) is 4.44. The topological polar surface area (TPSA) is 69.9 Å². The zero-order valence-electron chi connectivity index (χ0n) is 13.9. The second-order valence-electron chi connectivity index (χ2n) is 5.97. The van der Waals surface area contributed by atoms with Gasteiger partial charge in [-0.15, -0.1) is 0 Å². The van der Waals surface area contributed by atoms with Crippen LogP contribution in [0.4, 0.5) is 0 Å². The fraction of sp³-hybridized carbons (Fsp3) is 0.150. The summed E-state index contributed by atoms with van der Waals surface area (Å²) in [5.41, 5.74) is 3.75. The van der Waals surface area contributed by atoms with E-state index in [1.54, 1.807) is 7.11 Å². The van der Waals surface area contributed by atoms with Crippen LogP contribution >= 0.6 is 0 Å². The molecule has 0 bridgehead atoms. The molecule has 126 valence electrons. The average Bonchev–Trinajstić information content (AvgIpc) is 3.25. The van der Waals surface area contributed by atoms with Crippen molar-refractivity contribution in [1.82, 2.24) is 15.3 Å². The van der Waals surface area contributed by atoms with Crippen molar-refractivity contribution in [1.29, 1.82) is 0 Å².